The number of nitro groups is 1. The number of nitrogens with two attached hydrogens (primary N) is 1. The molecule has 116 valence electrons. The summed E-state index contributed by atoms with van der Waals surface area (Å²) in [5.41, 5.74) is 1.25. The van der Waals surface area contributed by atoms with E-state index in [0.29, 0.717) is 0 Å². The predicted octanol–water partition coefficient (Wildman–Crippen LogP) is 1.58. The molecular weight excluding hydrogens is 314 g/mol. The highest BCUT2D eigenvalue weighted by Gasteiger charge is 2.25. The molecule has 0 saturated carbocycles. The SMILES string of the molecule is NNc1cc([N+](=O)[O-])c(Oc2ccccc2)c(S(=O)(=O)[O-])c1. The van der Waals surface area contributed by atoms with E-state index in [9.17, 15) is 23.1 Å². The van der Waals surface area contributed by atoms with Crippen molar-refractivity contribution in [3.63, 3.8) is 0 Å². The minimum Gasteiger partial charge on any atom is -0.744 e. The molecule has 2 aromatic rings. The van der Waals surface area contributed by atoms with Crippen molar-refractivity contribution in [2.24, 2.45) is 5.84 Å². The van der Waals surface area contributed by atoms with Crippen LogP contribution in [-0.2, 0) is 10.1 Å². The number of hydrogen-bond donors (Lipinski definition) is 2. The second-order valence-electron chi connectivity index (χ2n) is 4.09. The molecule has 0 atom stereocenters. The zero-order valence-electron chi connectivity index (χ0n) is 10.9. The van der Waals surface area contributed by atoms with E-state index >= 15 is 0 Å². The monoisotopic (exact) mass is 324 g/mol. The molecule has 9 nitrogen and oxygen atoms in total. The van der Waals surface area contributed by atoms with Crippen LogP contribution in [0.1, 0.15) is 0 Å². The number of nitro benzene ring substituents is 1. The summed E-state index contributed by atoms with van der Waals surface area (Å²) >= 11 is 0. The Morgan fingerprint density at radius 2 is 1.82 bits per heavy atom. The van der Waals surface area contributed by atoms with E-state index in [4.69, 9.17) is 10.6 Å². The molecule has 0 fully saturated rings. The summed E-state index contributed by atoms with van der Waals surface area (Å²) in [4.78, 5) is 9.38. The van der Waals surface area contributed by atoms with Crippen molar-refractivity contribution in [3.8, 4) is 11.5 Å². The highest BCUT2D eigenvalue weighted by Crippen LogP contribution is 2.39. The smallest absolute Gasteiger partial charge is 0.315 e. The van der Waals surface area contributed by atoms with Gasteiger partial charge in [-0.1, -0.05) is 18.2 Å². The molecule has 0 amide bonds. The van der Waals surface area contributed by atoms with Crippen LogP contribution >= 0.6 is 0 Å². The van der Waals surface area contributed by atoms with Gasteiger partial charge in [0, 0.05) is 6.07 Å². The van der Waals surface area contributed by atoms with Gasteiger partial charge in [0.05, 0.1) is 10.6 Å². The Balaban J connectivity index is 2.70. The molecule has 0 heterocycles. The van der Waals surface area contributed by atoms with Gasteiger partial charge in [0.15, 0.2) is 0 Å². The second-order valence-corrected chi connectivity index (χ2v) is 5.44. The molecular formula is C12H10N3O6S-. The Morgan fingerprint density at radius 3 is 2.32 bits per heavy atom. The number of ether oxygens (including phenoxy) is 1. The van der Waals surface area contributed by atoms with Crippen molar-refractivity contribution in [3.05, 3.63) is 52.6 Å². The first-order valence-electron chi connectivity index (χ1n) is 5.81. The normalized spacial score (nSPS) is 11.0. The van der Waals surface area contributed by atoms with Gasteiger partial charge in [-0.05, 0) is 18.2 Å². The number of benzene rings is 2. The molecule has 0 radical (unpaired) electrons. The van der Waals surface area contributed by atoms with Crippen molar-refractivity contribution in [1.29, 1.82) is 0 Å². The van der Waals surface area contributed by atoms with Crippen LogP contribution in [0.15, 0.2) is 47.4 Å². The third-order valence-corrected chi connectivity index (χ3v) is 3.47. The summed E-state index contributed by atoms with van der Waals surface area (Å²) in [6.07, 6.45) is 0. The topological polar surface area (TPSA) is 148 Å². The molecule has 0 aliphatic rings. The number of para-hydroxylation sites is 1. The molecule has 0 bridgehead atoms. The highest BCUT2D eigenvalue weighted by atomic mass is 32.2. The van der Waals surface area contributed by atoms with E-state index in [2.05, 4.69) is 5.43 Å². The minimum absolute atomic E-state index is 0.110. The number of hydrazine groups is 1. The van der Waals surface area contributed by atoms with Crippen molar-refractivity contribution >= 4 is 21.5 Å². The van der Waals surface area contributed by atoms with Gasteiger partial charge in [-0.25, -0.2) is 8.42 Å². The lowest BCUT2D eigenvalue weighted by molar-refractivity contribution is -0.385. The second kappa shape index (κ2) is 5.97. The van der Waals surface area contributed by atoms with Crippen LogP contribution in [0.25, 0.3) is 0 Å². The number of nitrogens with zero attached hydrogens (tertiary/aromatic N) is 1. The predicted molar refractivity (Wildman–Crippen MR) is 75.4 cm³/mol. The first-order chi connectivity index (χ1) is 10.3. The molecule has 10 heteroatoms. The minimum atomic E-state index is -5.02. The summed E-state index contributed by atoms with van der Waals surface area (Å²) in [6, 6.07) is 9.60. The van der Waals surface area contributed by atoms with Crippen molar-refractivity contribution in [1.82, 2.24) is 0 Å². The summed E-state index contributed by atoms with van der Waals surface area (Å²) in [6.45, 7) is 0. The number of anilines is 1. The Bertz CT molecular complexity index is 807. The molecule has 0 aromatic heterocycles. The third-order valence-electron chi connectivity index (χ3n) is 2.63. The first kappa shape index (κ1) is 15.7. The third kappa shape index (κ3) is 3.31. The van der Waals surface area contributed by atoms with Gasteiger partial charge in [0.2, 0.25) is 5.75 Å². The van der Waals surface area contributed by atoms with Gasteiger partial charge in [-0.2, -0.15) is 0 Å². The first-order valence-corrected chi connectivity index (χ1v) is 7.21. The molecule has 2 rings (SSSR count). The standard InChI is InChI=1S/C12H11N3O6S/c13-14-8-6-10(15(16)17)12(11(7-8)22(18,19)20)21-9-4-2-1-3-5-9/h1-7,14H,13H2,(H,18,19,20)/p-1. The largest absolute Gasteiger partial charge is 0.744 e. The van der Waals surface area contributed by atoms with E-state index in [1.165, 1.54) is 12.1 Å². The molecule has 2 aromatic carbocycles. The zero-order chi connectivity index (χ0) is 16.3. The summed E-state index contributed by atoms with van der Waals surface area (Å²) < 4.78 is 39.3. The van der Waals surface area contributed by atoms with Crippen LogP contribution < -0.4 is 16.0 Å². The maximum Gasteiger partial charge on any atom is 0.315 e. The Morgan fingerprint density at radius 1 is 1.18 bits per heavy atom. The van der Waals surface area contributed by atoms with Crippen molar-refractivity contribution in [2.45, 2.75) is 4.90 Å². The molecule has 0 spiro atoms. The number of hydrogen-bond acceptors (Lipinski definition) is 8. The van der Waals surface area contributed by atoms with E-state index in [1.807, 2.05) is 0 Å². The molecule has 0 aliphatic carbocycles. The van der Waals surface area contributed by atoms with Gasteiger partial charge in [-0.15, -0.1) is 0 Å². The van der Waals surface area contributed by atoms with Crippen LogP contribution in [0.2, 0.25) is 0 Å². The fourth-order valence-electron chi connectivity index (χ4n) is 1.70. The average Bonchev–Trinajstić information content (AvgIpc) is 2.47. The van der Waals surface area contributed by atoms with Crippen molar-refractivity contribution in [2.75, 3.05) is 5.43 Å². The van der Waals surface area contributed by atoms with E-state index in [-0.39, 0.29) is 11.4 Å². The van der Waals surface area contributed by atoms with Gasteiger partial charge in [-0.3, -0.25) is 16.0 Å². The molecule has 0 aliphatic heterocycles. The van der Waals surface area contributed by atoms with Crippen LogP contribution in [0.4, 0.5) is 11.4 Å². The van der Waals surface area contributed by atoms with Crippen LogP contribution in [0, 0.1) is 10.1 Å². The molecule has 22 heavy (non-hydrogen) atoms. The Hall–Kier alpha value is -2.69. The lowest BCUT2D eigenvalue weighted by atomic mass is 10.2. The Kier molecular flexibility index (Phi) is 4.26. The molecule has 3 N–H and O–H groups in total. The lowest BCUT2D eigenvalue weighted by Crippen LogP contribution is -2.10. The summed E-state index contributed by atoms with van der Waals surface area (Å²) in [7, 11) is -5.02. The number of nitrogens with one attached hydrogen (secondary N) is 1. The maximum atomic E-state index is 11.4. The van der Waals surface area contributed by atoms with Crippen LogP contribution in [0.3, 0.4) is 0 Å². The van der Waals surface area contributed by atoms with E-state index in [0.717, 1.165) is 12.1 Å². The van der Waals surface area contributed by atoms with Gasteiger partial charge >= 0.3 is 5.69 Å². The van der Waals surface area contributed by atoms with Crippen LogP contribution in [-0.4, -0.2) is 17.9 Å². The highest BCUT2D eigenvalue weighted by molar-refractivity contribution is 7.85. The maximum absolute atomic E-state index is 11.4. The van der Waals surface area contributed by atoms with Gasteiger partial charge in [0.25, 0.3) is 0 Å². The van der Waals surface area contributed by atoms with Gasteiger partial charge < -0.3 is 14.7 Å². The number of rotatable bonds is 5. The van der Waals surface area contributed by atoms with Gasteiger partial charge in [0.1, 0.15) is 20.8 Å². The zero-order valence-corrected chi connectivity index (χ0v) is 11.7. The van der Waals surface area contributed by atoms with Crippen molar-refractivity contribution < 1.29 is 22.6 Å². The van der Waals surface area contributed by atoms with E-state index < -0.39 is 31.4 Å². The average molecular weight is 324 g/mol. The summed E-state index contributed by atoms with van der Waals surface area (Å²) in [5, 5.41) is 11.1. The molecule has 0 unspecified atom stereocenters. The van der Waals surface area contributed by atoms with E-state index in [1.54, 1.807) is 18.2 Å². The quantitative estimate of drug-likeness (QED) is 0.364. The fourth-order valence-corrected chi connectivity index (χ4v) is 2.35. The lowest BCUT2D eigenvalue weighted by Gasteiger charge is -2.15. The summed E-state index contributed by atoms with van der Waals surface area (Å²) in [5.74, 6) is 4.60. The number of nitrogen functional groups attached to an aromatic ring is 1. The molecule has 0 saturated heterocycles. The Labute approximate surface area is 125 Å². The van der Waals surface area contributed by atoms with Crippen LogP contribution in [0.5, 0.6) is 11.5 Å². The fraction of sp³-hybridized carbons (Fsp3) is 0.